The summed E-state index contributed by atoms with van der Waals surface area (Å²) in [5.74, 6) is -0.438. The number of nitrogens with zero attached hydrogens (tertiary/aromatic N) is 1. The van der Waals surface area contributed by atoms with Gasteiger partial charge in [0, 0.05) is 24.0 Å². The predicted molar refractivity (Wildman–Crippen MR) is 161 cm³/mol. The van der Waals surface area contributed by atoms with E-state index in [0.29, 0.717) is 22.5 Å². The number of carbonyl (C=O) groups is 1. The maximum absolute atomic E-state index is 13.7. The zero-order valence-electron chi connectivity index (χ0n) is 21.6. The van der Waals surface area contributed by atoms with E-state index in [1.54, 1.807) is 42.5 Å². The third-order valence-corrected chi connectivity index (χ3v) is 8.42. The fourth-order valence-electron chi connectivity index (χ4n) is 4.05. The van der Waals surface area contributed by atoms with Crippen LogP contribution in [-0.2, 0) is 24.8 Å². The van der Waals surface area contributed by atoms with E-state index >= 15 is 0 Å². The van der Waals surface area contributed by atoms with Gasteiger partial charge in [-0.1, -0.05) is 60.7 Å². The molecule has 11 heteroatoms. The molecule has 1 heterocycles. The molecule has 4 aromatic rings. The quantitative estimate of drug-likeness (QED) is 0.140. The lowest BCUT2D eigenvalue weighted by Crippen LogP contribution is -2.21. The second-order valence-electron chi connectivity index (χ2n) is 8.93. The van der Waals surface area contributed by atoms with Crippen LogP contribution in [0.4, 0.5) is 17.1 Å². The van der Waals surface area contributed by atoms with Gasteiger partial charge in [-0.3, -0.25) is 13.5 Å². The zero-order valence-corrected chi connectivity index (χ0v) is 23.2. The molecule has 0 aliphatic rings. The van der Waals surface area contributed by atoms with Crippen LogP contribution >= 0.6 is 0 Å². The number of rotatable bonds is 10. The number of sulfonamides is 1. The van der Waals surface area contributed by atoms with Crippen molar-refractivity contribution in [3.63, 3.8) is 0 Å². The number of carbonyl (C=O) groups excluding carboxylic acids is 1. The lowest BCUT2D eigenvalue weighted by Gasteiger charge is -2.20. The first-order valence-corrected chi connectivity index (χ1v) is 15.4. The van der Waals surface area contributed by atoms with Crippen molar-refractivity contribution in [2.24, 2.45) is 0 Å². The van der Waals surface area contributed by atoms with E-state index in [9.17, 15) is 21.6 Å². The maximum atomic E-state index is 13.7. The van der Waals surface area contributed by atoms with Crippen LogP contribution in [-0.4, -0.2) is 33.0 Å². The summed E-state index contributed by atoms with van der Waals surface area (Å²) < 4.78 is 55.1. The summed E-state index contributed by atoms with van der Waals surface area (Å²) in [5, 5.41) is 1.38. The minimum absolute atomic E-state index is 0.126. The molecule has 40 heavy (non-hydrogen) atoms. The van der Waals surface area contributed by atoms with Gasteiger partial charge in [-0.2, -0.15) is 0 Å². The summed E-state index contributed by atoms with van der Waals surface area (Å²) in [7, 11) is -7.85. The van der Waals surface area contributed by atoms with Crippen molar-refractivity contribution in [1.82, 2.24) is 3.97 Å². The smallest absolute Gasteiger partial charge is 0.249 e. The summed E-state index contributed by atoms with van der Waals surface area (Å²) in [6.07, 6.45) is 7.67. The summed E-state index contributed by atoms with van der Waals surface area (Å²) in [4.78, 5) is 12.3. The van der Waals surface area contributed by atoms with Gasteiger partial charge in [0.05, 0.1) is 23.3 Å². The summed E-state index contributed by atoms with van der Waals surface area (Å²) in [6.45, 7) is 3.71. The maximum Gasteiger partial charge on any atom is 0.249 e. The highest BCUT2D eigenvalue weighted by atomic mass is 32.2. The molecule has 0 fully saturated rings. The molecule has 206 valence electrons. The highest BCUT2D eigenvalue weighted by Gasteiger charge is 2.29. The van der Waals surface area contributed by atoms with Crippen LogP contribution in [0, 0.1) is 0 Å². The first-order valence-electron chi connectivity index (χ1n) is 12.0. The van der Waals surface area contributed by atoms with Crippen molar-refractivity contribution in [3.05, 3.63) is 121 Å². The van der Waals surface area contributed by atoms with Crippen molar-refractivity contribution >= 4 is 49.1 Å². The Morgan fingerprint density at radius 2 is 1.62 bits per heavy atom. The number of anilines is 3. The Balaban J connectivity index is 1.63. The molecule has 1 amide bonds. The van der Waals surface area contributed by atoms with Crippen molar-refractivity contribution in [2.45, 2.75) is 5.25 Å². The van der Waals surface area contributed by atoms with Gasteiger partial charge in [0.25, 0.3) is 0 Å². The minimum Gasteiger partial charge on any atom is -0.397 e. The average molecular weight is 577 g/mol. The molecule has 0 bridgehead atoms. The number of nitrogens with two attached hydrogens (primary N) is 1. The van der Waals surface area contributed by atoms with Gasteiger partial charge in [0.1, 0.15) is 5.25 Å². The van der Waals surface area contributed by atoms with Crippen LogP contribution in [0.3, 0.4) is 0 Å². The lowest BCUT2D eigenvalue weighted by molar-refractivity contribution is -0.111. The van der Waals surface area contributed by atoms with Crippen molar-refractivity contribution in [1.29, 1.82) is 0 Å². The molecule has 3 aromatic carbocycles. The SMILES string of the molecule is C=CC(c1ccc(-c2ccccc2)cc1NS(C)(=O)=O)S(=O)(=O)n1ccc(/C=C/C(=O)Nc2ccccc2N)c1. The molecule has 0 spiro atoms. The number of amides is 1. The van der Waals surface area contributed by atoms with Crippen LogP contribution in [0.25, 0.3) is 17.2 Å². The summed E-state index contributed by atoms with van der Waals surface area (Å²) >= 11 is 0. The van der Waals surface area contributed by atoms with E-state index in [4.69, 9.17) is 5.73 Å². The standard InChI is InChI=1S/C29H28N4O5S2/c1-3-28(24-15-14-23(22-9-5-4-6-10-22)19-27(24)32-39(2,35)36)40(37,38)33-18-17-21(20-33)13-16-29(34)31-26-12-8-7-11-25(26)30/h3-20,28,32H,1,30H2,2H3,(H,31,34)/b16-13+. The number of hydrogen-bond acceptors (Lipinski definition) is 6. The zero-order chi connectivity index (χ0) is 28.9. The molecular formula is C29H28N4O5S2. The molecule has 1 unspecified atom stereocenters. The Kier molecular flexibility index (Phi) is 8.26. The second kappa shape index (κ2) is 11.6. The van der Waals surface area contributed by atoms with Crippen LogP contribution in [0.2, 0.25) is 0 Å². The highest BCUT2D eigenvalue weighted by Crippen LogP contribution is 2.35. The fourth-order valence-corrected chi connectivity index (χ4v) is 6.16. The third-order valence-electron chi connectivity index (χ3n) is 5.93. The van der Waals surface area contributed by atoms with Crippen LogP contribution < -0.4 is 15.8 Å². The van der Waals surface area contributed by atoms with E-state index < -0.39 is 31.2 Å². The largest absolute Gasteiger partial charge is 0.397 e. The Labute approximate surface area is 233 Å². The average Bonchev–Trinajstić information content (AvgIpc) is 3.40. The minimum atomic E-state index is -4.12. The van der Waals surface area contributed by atoms with Gasteiger partial charge in [-0.05, 0) is 47.0 Å². The highest BCUT2D eigenvalue weighted by molar-refractivity contribution is 7.92. The van der Waals surface area contributed by atoms with Crippen molar-refractivity contribution in [2.75, 3.05) is 22.0 Å². The molecule has 1 atom stereocenters. The van der Waals surface area contributed by atoms with Gasteiger partial charge in [-0.25, -0.2) is 16.8 Å². The van der Waals surface area contributed by atoms with Gasteiger partial charge < -0.3 is 11.1 Å². The van der Waals surface area contributed by atoms with E-state index in [1.807, 2.05) is 30.3 Å². The molecule has 1 aromatic heterocycles. The lowest BCUT2D eigenvalue weighted by atomic mass is 10.0. The Hall–Kier alpha value is -4.61. The second-order valence-corrected chi connectivity index (χ2v) is 12.6. The number of nitrogens with one attached hydrogen (secondary N) is 2. The van der Waals surface area contributed by atoms with Gasteiger partial charge >= 0.3 is 0 Å². The summed E-state index contributed by atoms with van der Waals surface area (Å²) in [5.41, 5.74) is 9.06. The monoisotopic (exact) mass is 576 g/mol. The van der Waals surface area contributed by atoms with Crippen LogP contribution in [0.5, 0.6) is 0 Å². The van der Waals surface area contributed by atoms with Crippen molar-refractivity contribution in [3.8, 4) is 11.1 Å². The molecular weight excluding hydrogens is 548 g/mol. The van der Waals surface area contributed by atoms with E-state index in [0.717, 1.165) is 15.8 Å². The van der Waals surface area contributed by atoms with Gasteiger partial charge in [0.2, 0.25) is 26.0 Å². The van der Waals surface area contributed by atoms with Gasteiger partial charge in [0.15, 0.2) is 0 Å². The van der Waals surface area contributed by atoms with Crippen LogP contribution in [0.15, 0.2) is 110 Å². The normalized spacial score (nSPS) is 12.6. The number of aromatic nitrogens is 1. The first-order chi connectivity index (χ1) is 19.0. The molecule has 0 saturated carbocycles. The molecule has 0 radical (unpaired) electrons. The fraction of sp³-hybridized carbons (Fsp3) is 0.0690. The Morgan fingerprint density at radius 1 is 0.925 bits per heavy atom. The Bertz CT molecular complexity index is 1790. The van der Waals surface area contributed by atoms with E-state index in [1.165, 1.54) is 36.7 Å². The van der Waals surface area contributed by atoms with E-state index in [2.05, 4.69) is 16.6 Å². The van der Waals surface area contributed by atoms with E-state index in [-0.39, 0.29) is 11.3 Å². The van der Waals surface area contributed by atoms with Crippen LogP contribution in [0.1, 0.15) is 16.4 Å². The number of hydrogen-bond donors (Lipinski definition) is 3. The summed E-state index contributed by atoms with van der Waals surface area (Å²) in [6, 6.07) is 22.5. The Morgan fingerprint density at radius 3 is 2.30 bits per heavy atom. The molecule has 0 aliphatic carbocycles. The number of nitrogen functional groups attached to an aromatic ring is 1. The number of para-hydroxylation sites is 2. The van der Waals surface area contributed by atoms with Crippen molar-refractivity contribution < 1.29 is 21.6 Å². The molecule has 4 rings (SSSR count). The molecule has 0 aliphatic heterocycles. The molecule has 0 saturated heterocycles. The predicted octanol–water partition coefficient (Wildman–Crippen LogP) is 4.87. The molecule has 9 nitrogen and oxygen atoms in total. The number of benzene rings is 3. The third kappa shape index (κ3) is 6.68. The first kappa shape index (κ1) is 28.4. The topological polar surface area (TPSA) is 140 Å². The molecule has 4 N–H and O–H groups in total. The van der Waals surface area contributed by atoms with Gasteiger partial charge in [-0.15, -0.1) is 6.58 Å².